The highest BCUT2D eigenvalue weighted by atomic mass is 19.4. The lowest BCUT2D eigenvalue weighted by atomic mass is 10.2. The van der Waals surface area contributed by atoms with Gasteiger partial charge in [0.1, 0.15) is 0 Å². The molecular formula is C6H4F3N. The number of hydrogen-bond donors (Lipinski definition) is 0. The maximum atomic E-state index is 11.8. The number of allylic oxidation sites excluding steroid dienone is 2. The van der Waals surface area contributed by atoms with E-state index in [1.54, 1.807) is 0 Å². The highest BCUT2D eigenvalue weighted by Gasteiger charge is 2.32. The Morgan fingerprint density at radius 1 is 1.50 bits per heavy atom. The van der Waals surface area contributed by atoms with Crippen molar-refractivity contribution in [2.75, 3.05) is 6.54 Å². The van der Waals surface area contributed by atoms with E-state index < -0.39 is 11.7 Å². The molecule has 1 aliphatic heterocycles. The standard InChI is InChI=1S/C6H4F3N/c7-6(8,9)5-2-1-3-10-4-5/h1-2H,4H2. The van der Waals surface area contributed by atoms with Crippen LogP contribution in [0.5, 0.6) is 0 Å². The SMILES string of the molecule is FC(F)(F)C1=CC=C=NC1. The summed E-state index contributed by atoms with van der Waals surface area (Å²) >= 11 is 0. The molecule has 0 bridgehead atoms. The second-order valence-electron chi connectivity index (χ2n) is 1.80. The molecule has 0 atom stereocenters. The van der Waals surface area contributed by atoms with E-state index >= 15 is 0 Å². The predicted molar refractivity (Wildman–Crippen MR) is 31.0 cm³/mol. The van der Waals surface area contributed by atoms with Crippen LogP contribution in [0.2, 0.25) is 0 Å². The summed E-state index contributed by atoms with van der Waals surface area (Å²) in [5, 5.41) is 0. The van der Waals surface area contributed by atoms with Crippen molar-refractivity contribution in [2.24, 2.45) is 4.99 Å². The molecule has 0 amide bonds. The van der Waals surface area contributed by atoms with Crippen LogP contribution in [0.4, 0.5) is 13.2 Å². The van der Waals surface area contributed by atoms with E-state index in [0.29, 0.717) is 0 Å². The Morgan fingerprint density at radius 3 is 2.50 bits per heavy atom. The van der Waals surface area contributed by atoms with Crippen LogP contribution in [0, 0.1) is 0 Å². The minimum atomic E-state index is -4.23. The van der Waals surface area contributed by atoms with Crippen LogP contribution >= 0.6 is 0 Å². The molecule has 54 valence electrons. The Hall–Kier alpha value is -1.02. The van der Waals surface area contributed by atoms with Crippen molar-refractivity contribution in [3.05, 3.63) is 17.7 Å². The predicted octanol–water partition coefficient (Wildman–Crippen LogP) is 1.71. The minimum Gasteiger partial charge on any atom is -0.238 e. The fourth-order valence-electron chi connectivity index (χ4n) is 0.558. The van der Waals surface area contributed by atoms with Gasteiger partial charge >= 0.3 is 6.18 Å². The van der Waals surface area contributed by atoms with Gasteiger partial charge in [-0.25, -0.2) is 4.99 Å². The fraction of sp³-hybridized carbons (Fsp3) is 0.333. The number of rotatable bonds is 0. The number of halogens is 3. The van der Waals surface area contributed by atoms with Gasteiger partial charge in [0.15, 0.2) is 0 Å². The summed E-state index contributed by atoms with van der Waals surface area (Å²) in [6.07, 6.45) is -2.10. The first-order valence-electron chi connectivity index (χ1n) is 2.62. The largest absolute Gasteiger partial charge is 0.414 e. The zero-order valence-electron chi connectivity index (χ0n) is 4.94. The molecular weight excluding hydrogens is 143 g/mol. The Labute approximate surface area is 55.6 Å². The summed E-state index contributed by atoms with van der Waals surface area (Å²) < 4.78 is 35.3. The molecule has 1 nitrogen and oxygen atoms in total. The van der Waals surface area contributed by atoms with E-state index in [-0.39, 0.29) is 6.54 Å². The highest BCUT2D eigenvalue weighted by molar-refractivity contribution is 5.57. The molecule has 0 radical (unpaired) electrons. The molecule has 4 heteroatoms. The molecule has 1 rings (SSSR count). The van der Waals surface area contributed by atoms with Crippen LogP contribution in [0.3, 0.4) is 0 Å². The van der Waals surface area contributed by atoms with Crippen LogP contribution in [0.15, 0.2) is 22.7 Å². The lowest BCUT2D eigenvalue weighted by molar-refractivity contribution is -0.0921. The summed E-state index contributed by atoms with van der Waals surface area (Å²) in [6.45, 7) is -0.306. The van der Waals surface area contributed by atoms with E-state index in [2.05, 4.69) is 10.9 Å². The highest BCUT2D eigenvalue weighted by Crippen LogP contribution is 2.26. The molecule has 0 N–H and O–H groups in total. The maximum absolute atomic E-state index is 11.8. The van der Waals surface area contributed by atoms with Gasteiger partial charge in [-0.05, 0) is 18.0 Å². The lowest BCUT2D eigenvalue weighted by Crippen LogP contribution is -2.14. The van der Waals surface area contributed by atoms with Crippen LogP contribution in [-0.2, 0) is 0 Å². The van der Waals surface area contributed by atoms with Gasteiger partial charge in [0.25, 0.3) is 0 Å². The smallest absolute Gasteiger partial charge is 0.238 e. The maximum Gasteiger partial charge on any atom is 0.414 e. The first-order valence-corrected chi connectivity index (χ1v) is 2.62. The number of alkyl halides is 3. The Kier molecular flexibility index (Phi) is 1.64. The van der Waals surface area contributed by atoms with Gasteiger partial charge in [-0.1, -0.05) is 0 Å². The third-order valence-electron chi connectivity index (χ3n) is 1.06. The van der Waals surface area contributed by atoms with Crippen molar-refractivity contribution in [3.63, 3.8) is 0 Å². The molecule has 0 spiro atoms. The molecule has 0 aliphatic carbocycles. The molecule has 0 aromatic carbocycles. The van der Waals surface area contributed by atoms with Crippen LogP contribution < -0.4 is 0 Å². The molecule has 1 heterocycles. The summed E-state index contributed by atoms with van der Waals surface area (Å²) in [4.78, 5) is 3.33. The first kappa shape index (κ1) is 7.09. The summed E-state index contributed by atoms with van der Waals surface area (Å²) in [5.41, 5.74) is -0.619. The van der Waals surface area contributed by atoms with Crippen molar-refractivity contribution in [1.29, 1.82) is 0 Å². The normalized spacial score (nSPS) is 17.3. The van der Waals surface area contributed by atoms with Gasteiger partial charge in [0.05, 0.1) is 12.1 Å². The van der Waals surface area contributed by atoms with E-state index in [0.717, 1.165) is 12.2 Å². The van der Waals surface area contributed by atoms with Crippen molar-refractivity contribution >= 4 is 5.87 Å². The van der Waals surface area contributed by atoms with Gasteiger partial charge in [-0.3, -0.25) is 0 Å². The zero-order chi connectivity index (χ0) is 7.61. The molecule has 0 saturated carbocycles. The third-order valence-corrected chi connectivity index (χ3v) is 1.06. The number of hydrogen-bond acceptors (Lipinski definition) is 1. The second-order valence-corrected chi connectivity index (χ2v) is 1.80. The average molecular weight is 147 g/mol. The van der Waals surface area contributed by atoms with E-state index in [1.807, 2.05) is 0 Å². The minimum absolute atomic E-state index is 0.306. The van der Waals surface area contributed by atoms with Crippen LogP contribution in [0.1, 0.15) is 0 Å². The number of nitrogens with zero attached hydrogens (tertiary/aromatic N) is 1. The Balaban J connectivity index is 2.79. The van der Waals surface area contributed by atoms with Crippen molar-refractivity contribution in [3.8, 4) is 0 Å². The summed E-state index contributed by atoms with van der Waals surface area (Å²) in [6, 6.07) is 0. The Morgan fingerprint density at radius 2 is 2.20 bits per heavy atom. The monoisotopic (exact) mass is 147 g/mol. The summed E-state index contributed by atoms with van der Waals surface area (Å²) in [5.74, 6) is 2.31. The van der Waals surface area contributed by atoms with Gasteiger partial charge < -0.3 is 0 Å². The lowest BCUT2D eigenvalue weighted by Gasteiger charge is -2.08. The molecule has 0 aromatic rings. The zero-order valence-corrected chi connectivity index (χ0v) is 4.94. The van der Waals surface area contributed by atoms with Gasteiger partial charge in [-0.15, -0.1) is 0 Å². The van der Waals surface area contributed by atoms with Gasteiger partial charge in [0, 0.05) is 0 Å². The van der Waals surface area contributed by atoms with E-state index in [9.17, 15) is 13.2 Å². The number of aliphatic imine (C=N–C) groups is 1. The van der Waals surface area contributed by atoms with E-state index in [4.69, 9.17) is 0 Å². The molecule has 0 saturated heterocycles. The molecule has 0 aromatic heterocycles. The first-order chi connectivity index (χ1) is 4.61. The third kappa shape index (κ3) is 1.48. The van der Waals surface area contributed by atoms with Crippen molar-refractivity contribution in [2.45, 2.75) is 6.18 Å². The average Bonchev–Trinajstić information content (AvgIpc) is 1.88. The molecule has 1 aliphatic rings. The molecule has 0 fully saturated rings. The topological polar surface area (TPSA) is 12.4 Å². The Bertz CT molecular complexity index is 218. The van der Waals surface area contributed by atoms with Crippen LogP contribution in [-0.4, -0.2) is 18.6 Å². The summed E-state index contributed by atoms with van der Waals surface area (Å²) in [7, 11) is 0. The van der Waals surface area contributed by atoms with Gasteiger partial charge in [0.2, 0.25) is 0 Å². The van der Waals surface area contributed by atoms with Gasteiger partial charge in [-0.2, -0.15) is 13.2 Å². The fourth-order valence-corrected chi connectivity index (χ4v) is 0.558. The van der Waals surface area contributed by atoms with E-state index in [1.165, 1.54) is 0 Å². The van der Waals surface area contributed by atoms with Crippen LogP contribution in [0.25, 0.3) is 0 Å². The molecule has 0 unspecified atom stereocenters. The van der Waals surface area contributed by atoms with Crippen molar-refractivity contribution in [1.82, 2.24) is 0 Å². The second kappa shape index (κ2) is 2.31. The molecule has 10 heavy (non-hydrogen) atoms. The quantitative estimate of drug-likeness (QED) is 0.494. The van der Waals surface area contributed by atoms with Crippen molar-refractivity contribution < 1.29 is 13.2 Å².